The molecule has 2 aromatic rings. The average Bonchev–Trinajstić information content (AvgIpc) is 2.48. The first-order chi connectivity index (χ1) is 9.56. The molecule has 1 heterocycles. The lowest BCUT2D eigenvalue weighted by Gasteiger charge is -2.16. The minimum Gasteiger partial charge on any atom is -0.496 e. The first kappa shape index (κ1) is 14.3. The van der Waals surface area contributed by atoms with Crippen molar-refractivity contribution in [1.29, 1.82) is 0 Å². The van der Waals surface area contributed by atoms with E-state index in [0.717, 1.165) is 22.4 Å². The van der Waals surface area contributed by atoms with Gasteiger partial charge in [0.05, 0.1) is 19.9 Å². The van der Waals surface area contributed by atoms with Crippen molar-refractivity contribution in [2.75, 3.05) is 14.2 Å². The van der Waals surface area contributed by atoms with E-state index in [1.807, 2.05) is 32.0 Å². The number of hydrogen-bond acceptors (Lipinski definition) is 4. The number of rotatable bonds is 4. The first-order valence-electron chi connectivity index (χ1n) is 6.41. The van der Waals surface area contributed by atoms with E-state index in [1.54, 1.807) is 26.4 Å². The van der Waals surface area contributed by atoms with Gasteiger partial charge in [-0.05, 0) is 48.7 Å². The van der Waals surface area contributed by atoms with Crippen LogP contribution < -0.4 is 9.47 Å². The summed E-state index contributed by atoms with van der Waals surface area (Å²) in [5, 5.41) is 10.5. The Labute approximate surface area is 119 Å². The molecule has 0 aliphatic rings. The molecule has 20 heavy (non-hydrogen) atoms. The van der Waals surface area contributed by atoms with Crippen LogP contribution in [0.4, 0.5) is 0 Å². The fourth-order valence-corrected chi connectivity index (χ4v) is 2.18. The van der Waals surface area contributed by atoms with Crippen LogP contribution in [0.25, 0.3) is 0 Å². The summed E-state index contributed by atoms with van der Waals surface area (Å²) in [6.07, 6.45) is -0.783. The van der Waals surface area contributed by atoms with E-state index in [-0.39, 0.29) is 0 Å². The van der Waals surface area contributed by atoms with Gasteiger partial charge in [0.1, 0.15) is 11.9 Å². The van der Waals surface area contributed by atoms with Gasteiger partial charge in [-0.3, -0.25) is 0 Å². The number of aliphatic hydroxyl groups excluding tert-OH is 1. The fraction of sp³-hybridized carbons (Fsp3) is 0.312. The lowest BCUT2D eigenvalue weighted by atomic mass is 9.98. The van der Waals surface area contributed by atoms with Crippen LogP contribution in [-0.4, -0.2) is 24.3 Å². The Morgan fingerprint density at radius 2 is 1.80 bits per heavy atom. The second kappa shape index (κ2) is 5.92. The number of aryl methyl sites for hydroxylation is 2. The highest BCUT2D eigenvalue weighted by Crippen LogP contribution is 2.29. The van der Waals surface area contributed by atoms with Crippen LogP contribution in [-0.2, 0) is 0 Å². The molecule has 1 aromatic carbocycles. The van der Waals surface area contributed by atoms with Crippen molar-refractivity contribution < 1.29 is 14.6 Å². The summed E-state index contributed by atoms with van der Waals surface area (Å²) in [6, 6.07) is 9.21. The van der Waals surface area contributed by atoms with Crippen molar-refractivity contribution in [3.63, 3.8) is 0 Å². The monoisotopic (exact) mass is 273 g/mol. The quantitative estimate of drug-likeness (QED) is 0.930. The SMILES string of the molecule is COc1cccc(C(O)c2cc(C)c(OC)cc2C)n1. The van der Waals surface area contributed by atoms with Crippen molar-refractivity contribution in [1.82, 2.24) is 4.98 Å². The zero-order valence-corrected chi connectivity index (χ0v) is 12.2. The number of pyridine rings is 1. The highest BCUT2D eigenvalue weighted by Gasteiger charge is 2.16. The Hall–Kier alpha value is -2.07. The molecule has 1 N–H and O–H groups in total. The molecule has 0 radical (unpaired) electrons. The topological polar surface area (TPSA) is 51.6 Å². The van der Waals surface area contributed by atoms with Gasteiger partial charge in [0.15, 0.2) is 0 Å². The normalized spacial score (nSPS) is 12.1. The molecular formula is C16H19NO3. The molecule has 2 rings (SSSR count). The molecule has 0 saturated carbocycles. The van der Waals surface area contributed by atoms with Crippen molar-refractivity contribution in [3.8, 4) is 11.6 Å². The van der Waals surface area contributed by atoms with Gasteiger partial charge in [0.2, 0.25) is 5.88 Å². The van der Waals surface area contributed by atoms with Crippen LogP contribution in [0.15, 0.2) is 30.3 Å². The highest BCUT2D eigenvalue weighted by molar-refractivity contribution is 5.44. The van der Waals surface area contributed by atoms with E-state index < -0.39 is 6.10 Å². The number of benzene rings is 1. The summed E-state index contributed by atoms with van der Waals surface area (Å²) in [6.45, 7) is 3.90. The molecule has 1 atom stereocenters. The minimum atomic E-state index is -0.783. The molecule has 0 amide bonds. The highest BCUT2D eigenvalue weighted by atomic mass is 16.5. The van der Waals surface area contributed by atoms with Gasteiger partial charge in [0.25, 0.3) is 0 Å². The Morgan fingerprint density at radius 3 is 2.45 bits per heavy atom. The van der Waals surface area contributed by atoms with E-state index in [2.05, 4.69) is 4.98 Å². The smallest absolute Gasteiger partial charge is 0.213 e. The zero-order valence-electron chi connectivity index (χ0n) is 12.2. The van der Waals surface area contributed by atoms with Gasteiger partial charge < -0.3 is 14.6 Å². The molecule has 0 aliphatic heterocycles. The minimum absolute atomic E-state index is 0.490. The Kier molecular flexibility index (Phi) is 4.25. The standard InChI is InChI=1S/C16H19NO3/c1-10-9-14(19-3)11(2)8-12(10)16(18)13-6-5-7-15(17-13)20-4/h5-9,16,18H,1-4H3. The van der Waals surface area contributed by atoms with Crippen LogP contribution in [0, 0.1) is 13.8 Å². The van der Waals surface area contributed by atoms with Gasteiger partial charge in [-0.15, -0.1) is 0 Å². The Bertz CT molecular complexity index is 611. The molecule has 0 fully saturated rings. The lowest BCUT2D eigenvalue weighted by molar-refractivity contribution is 0.213. The predicted octanol–water partition coefficient (Wildman–Crippen LogP) is 2.80. The van der Waals surface area contributed by atoms with Crippen LogP contribution in [0.5, 0.6) is 11.6 Å². The Balaban J connectivity index is 2.42. The molecule has 106 valence electrons. The third-order valence-corrected chi connectivity index (χ3v) is 3.31. The van der Waals surface area contributed by atoms with Gasteiger partial charge in [-0.1, -0.05) is 6.07 Å². The Morgan fingerprint density at radius 1 is 1.05 bits per heavy atom. The van der Waals surface area contributed by atoms with Crippen molar-refractivity contribution in [3.05, 3.63) is 52.7 Å². The van der Waals surface area contributed by atoms with E-state index in [1.165, 1.54) is 0 Å². The fourth-order valence-electron chi connectivity index (χ4n) is 2.18. The number of nitrogens with zero attached hydrogens (tertiary/aromatic N) is 1. The van der Waals surface area contributed by atoms with Crippen LogP contribution in [0.3, 0.4) is 0 Å². The molecule has 0 bridgehead atoms. The van der Waals surface area contributed by atoms with Crippen molar-refractivity contribution >= 4 is 0 Å². The van der Waals surface area contributed by atoms with E-state index in [4.69, 9.17) is 9.47 Å². The number of aliphatic hydroxyl groups is 1. The molecule has 1 unspecified atom stereocenters. The maximum Gasteiger partial charge on any atom is 0.213 e. The number of ether oxygens (including phenoxy) is 2. The maximum atomic E-state index is 10.5. The van der Waals surface area contributed by atoms with Crippen LogP contribution in [0.2, 0.25) is 0 Å². The third-order valence-electron chi connectivity index (χ3n) is 3.31. The summed E-state index contributed by atoms with van der Waals surface area (Å²) in [4.78, 5) is 4.28. The van der Waals surface area contributed by atoms with Gasteiger partial charge in [0, 0.05) is 6.07 Å². The van der Waals surface area contributed by atoms with Crippen LogP contribution in [0.1, 0.15) is 28.5 Å². The molecule has 4 nitrogen and oxygen atoms in total. The predicted molar refractivity (Wildman–Crippen MR) is 77.3 cm³/mol. The second-order valence-corrected chi connectivity index (χ2v) is 4.69. The number of hydrogen-bond donors (Lipinski definition) is 1. The van der Waals surface area contributed by atoms with Gasteiger partial charge in [-0.25, -0.2) is 4.98 Å². The van der Waals surface area contributed by atoms with Gasteiger partial charge >= 0.3 is 0 Å². The van der Waals surface area contributed by atoms with Gasteiger partial charge in [-0.2, -0.15) is 0 Å². The summed E-state index contributed by atoms with van der Waals surface area (Å²) in [5.41, 5.74) is 3.33. The first-order valence-corrected chi connectivity index (χ1v) is 6.41. The summed E-state index contributed by atoms with van der Waals surface area (Å²) >= 11 is 0. The summed E-state index contributed by atoms with van der Waals surface area (Å²) < 4.78 is 10.4. The largest absolute Gasteiger partial charge is 0.496 e. The van der Waals surface area contributed by atoms with E-state index in [0.29, 0.717) is 11.6 Å². The van der Waals surface area contributed by atoms with Crippen LogP contribution >= 0.6 is 0 Å². The number of methoxy groups -OCH3 is 2. The lowest BCUT2D eigenvalue weighted by Crippen LogP contribution is -2.06. The molecule has 0 spiro atoms. The maximum absolute atomic E-state index is 10.5. The van der Waals surface area contributed by atoms with Crippen molar-refractivity contribution in [2.45, 2.75) is 20.0 Å². The third kappa shape index (κ3) is 2.75. The molecular weight excluding hydrogens is 254 g/mol. The molecule has 0 aliphatic carbocycles. The summed E-state index contributed by atoms with van der Waals surface area (Å²) in [7, 11) is 3.20. The summed E-state index contributed by atoms with van der Waals surface area (Å²) in [5.74, 6) is 1.31. The van der Waals surface area contributed by atoms with Crippen molar-refractivity contribution in [2.24, 2.45) is 0 Å². The average molecular weight is 273 g/mol. The van der Waals surface area contributed by atoms with E-state index in [9.17, 15) is 5.11 Å². The molecule has 4 heteroatoms. The zero-order chi connectivity index (χ0) is 14.7. The number of aromatic nitrogens is 1. The molecule has 1 aromatic heterocycles. The second-order valence-electron chi connectivity index (χ2n) is 4.69. The molecule has 0 saturated heterocycles. The van der Waals surface area contributed by atoms with E-state index >= 15 is 0 Å².